The van der Waals surface area contributed by atoms with Crippen molar-refractivity contribution in [2.45, 2.75) is 12.5 Å². The van der Waals surface area contributed by atoms with E-state index >= 15 is 0 Å². The molecule has 5 rings (SSSR count). The third-order valence-electron chi connectivity index (χ3n) is 6.29. The van der Waals surface area contributed by atoms with Crippen molar-refractivity contribution in [3.8, 4) is 0 Å². The monoisotopic (exact) mass is 489 g/mol. The Kier molecular flexibility index (Phi) is 5.53. The number of carbonyl (C=O) groups is 2. The fraction of sp³-hybridized carbons (Fsp3) is 0.524. The van der Waals surface area contributed by atoms with Crippen LogP contribution in [0.15, 0.2) is 33.7 Å². The first kappa shape index (κ1) is 20.6. The molecule has 0 aliphatic carbocycles. The molecule has 0 spiro atoms. The van der Waals surface area contributed by atoms with Gasteiger partial charge in [-0.1, -0.05) is 20.9 Å². The number of ether oxygens (including phenoxy) is 1. The van der Waals surface area contributed by atoms with Crippen LogP contribution >= 0.6 is 15.9 Å². The van der Waals surface area contributed by atoms with E-state index in [9.17, 15) is 9.59 Å². The molecule has 10 heteroatoms. The Morgan fingerprint density at radius 3 is 2.61 bits per heavy atom. The number of benzene rings is 1. The number of hydrogen-bond donors (Lipinski definition) is 0. The summed E-state index contributed by atoms with van der Waals surface area (Å²) in [6.45, 7) is 5.65. The Bertz CT molecular complexity index is 956. The average molecular weight is 490 g/mol. The van der Waals surface area contributed by atoms with Gasteiger partial charge in [0.15, 0.2) is 0 Å². The van der Waals surface area contributed by atoms with Crippen molar-refractivity contribution in [3.63, 3.8) is 0 Å². The number of amides is 3. The number of guanidine groups is 1. The molecule has 31 heavy (non-hydrogen) atoms. The van der Waals surface area contributed by atoms with Crippen LogP contribution in [0, 0.1) is 0 Å². The number of amidine groups is 1. The van der Waals surface area contributed by atoms with Crippen LogP contribution in [0.25, 0.3) is 0 Å². The average Bonchev–Trinajstić information content (AvgIpc) is 3.19. The number of rotatable bonds is 4. The minimum absolute atomic E-state index is 0.178. The highest BCUT2D eigenvalue weighted by atomic mass is 79.9. The Morgan fingerprint density at radius 1 is 1.13 bits per heavy atom. The fourth-order valence-electron chi connectivity index (χ4n) is 4.59. The number of halogens is 1. The van der Waals surface area contributed by atoms with Crippen molar-refractivity contribution in [3.05, 3.63) is 28.7 Å². The molecule has 164 valence electrons. The summed E-state index contributed by atoms with van der Waals surface area (Å²) in [6, 6.07) is 7.22. The number of morpholine rings is 1. The molecular weight excluding hydrogens is 464 g/mol. The zero-order chi connectivity index (χ0) is 21.5. The van der Waals surface area contributed by atoms with Crippen LogP contribution in [0.1, 0.15) is 6.42 Å². The van der Waals surface area contributed by atoms with Crippen LogP contribution < -0.4 is 4.90 Å². The first-order valence-corrected chi connectivity index (χ1v) is 11.5. The topological polar surface area (TPSA) is 71.7 Å². The Labute approximate surface area is 189 Å². The molecule has 2 fully saturated rings. The molecule has 0 bridgehead atoms. The number of aliphatic imine (C=N–C) groups is 1. The Morgan fingerprint density at radius 2 is 1.87 bits per heavy atom. The quantitative estimate of drug-likeness (QED) is 0.590. The number of fused-ring (bicyclic) bond motifs is 2. The second kappa shape index (κ2) is 8.33. The lowest BCUT2D eigenvalue weighted by Crippen LogP contribution is -2.64. The number of anilines is 1. The molecule has 9 nitrogen and oxygen atoms in total. The van der Waals surface area contributed by atoms with Gasteiger partial charge in [-0.25, -0.2) is 14.3 Å². The van der Waals surface area contributed by atoms with E-state index in [1.165, 1.54) is 9.80 Å². The molecule has 1 unspecified atom stereocenters. The van der Waals surface area contributed by atoms with E-state index in [4.69, 9.17) is 9.73 Å². The van der Waals surface area contributed by atoms with Gasteiger partial charge in [0.05, 0.1) is 26.3 Å². The van der Waals surface area contributed by atoms with Crippen LogP contribution in [-0.4, -0.2) is 109 Å². The van der Waals surface area contributed by atoms with Gasteiger partial charge in [-0.2, -0.15) is 0 Å². The van der Waals surface area contributed by atoms with Gasteiger partial charge in [0.2, 0.25) is 11.9 Å². The SMILES string of the molecule is CN1C(=O)N(CCN2CCOCC2)C(=O)C2C1=NC1=[N+]2CCCN1c1ccc(Br)cc1. The molecule has 4 heterocycles. The summed E-state index contributed by atoms with van der Waals surface area (Å²) in [5.74, 6) is 1.09. The van der Waals surface area contributed by atoms with E-state index in [2.05, 4.69) is 25.7 Å². The van der Waals surface area contributed by atoms with Gasteiger partial charge in [0.1, 0.15) is 5.69 Å². The summed E-state index contributed by atoms with van der Waals surface area (Å²) in [5, 5.41) is 0. The van der Waals surface area contributed by atoms with Crippen LogP contribution in [0.3, 0.4) is 0 Å². The third-order valence-corrected chi connectivity index (χ3v) is 6.82. The van der Waals surface area contributed by atoms with E-state index in [0.717, 1.165) is 48.7 Å². The zero-order valence-electron chi connectivity index (χ0n) is 17.5. The van der Waals surface area contributed by atoms with Crippen LogP contribution in [-0.2, 0) is 9.53 Å². The molecule has 4 aliphatic heterocycles. The van der Waals surface area contributed by atoms with Gasteiger partial charge >= 0.3 is 12.0 Å². The van der Waals surface area contributed by atoms with Crippen LogP contribution in [0.2, 0.25) is 0 Å². The highest BCUT2D eigenvalue weighted by molar-refractivity contribution is 9.10. The summed E-state index contributed by atoms with van der Waals surface area (Å²) in [6.07, 6.45) is 0.914. The van der Waals surface area contributed by atoms with Crippen molar-refractivity contribution < 1.29 is 18.9 Å². The van der Waals surface area contributed by atoms with Crippen molar-refractivity contribution >= 4 is 45.4 Å². The molecule has 0 aromatic heterocycles. The molecular formula is C21H26BrN6O3+. The molecule has 0 radical (unpaired) electrons. The standard InChI is InChI=1S/C21H26BrN6O3/c1-24-18-17(19(29)28(21(24)30)10-9-25-11-13-31-14-12-25)27-8-2-7-26(20(27)23-18)16-5-3-15(22)4-6-16/h3-6,17H,2,7-14H2,1H3/q+1. The predicted octanol–water partition coefficient (Wildman–Crippen LogP) is 1.03. The summed E-state index contributed by atoms with van der Waals surface area (Å²) in [4.78, 5) is 38.5. The lowest BCUT2D eigenvalue weighted by Gasteiger charge is -2.36. The van der Waals surface area contributed by atoms with Crippen molar-refractivity contribution in [1.82, 2.24) is 14.7 Å². The maximum absolute atomic E-state index is 13.5. The van der Waals surface area contributed by atoms with Gasteiger partial charge < -0.3 is 4.74 Å². The van der Waals surface area contributed by atoms with Crippen LogP contribution in [0.4, 0.5) is 10.5 Å². The zero-order valence-corrected chi connectivity index (χ0v) is 19.1. The maximum Gasteiger partial charge on any atom is 0.397 e. The number of hydrogen-bond acceptors (Lipinski definition) is 6. The van der Waals surface area contributed by atoms with E-state index < -0.39 is 6.04 Å². The van der Waals surface area contributed by atoms with Gasteiger partial charge in [-0.05, 0) is 24.3 Å². The number of imide groups is 1. The molecule has 0 N–H and O–H groups in total. The lowest BCUT2D eigenvalue weighted by atomic mass is 10.1. The molecule has 4 aliphatic rings. The predicted molar refractivity (Wildman–Crippen MR) is 120 cm³/mol. The number of likely N-dealkylation sites (N-methyl/N-ethyl adjacent to an activating group) is 1. The van der Waals surface area contributed by atoms with Crippen LogP contribution in [0.5, 0.6) is 0 Å². The largest absolute Gasteiger partial charge is 0.397 e. The second-order valence-electron chi connectivity index (χ2n) is 8.13. The van der Waals surface area contributed by atoms with E-state index in [1.54, 1.807) is 7.05 Å². The molecule has 0 saturated carbocycles. The van der Waals surface area contributed by atoms with Crippen molar-refractivity contribution in [1.29, 1.82) is 0 Å². The Balaban J connectivity index is 1.41. The number of carbonyl (C=O) groups excluding carboxylic acids is 2. The summed E-state index contributed by atoms with van der Waals surface area (Å²) in [5.41, 5.74) is 1.02. The minimum atomic E-state index is -0.541. The highest BCUT2D eigenvalue weighted by Crippen LogP contribution is 2.27. The molecule has 1 aromatic carbocycles. The smallest absolute Gasteiger partial charge is 0.379 e. The number of urea groups is 1. The summed E-state index contributed by atoms with van der Waals surface area (Å²) >= 11 is 3.48. The van der Waals surface area contributed by atoms with Crippen molar-refractivity contribution in [2.75, 3.05) is 64.4 Å². The minimum Gasteiger partial charge on any atom is -0.379 e. The molecule has 1 atom stereocenters. The summed E-state index contributed by atoms with van der Waals surface area (Å²) in [7, 11) is 1.71. The first-order valence-electron chi connectivity index (χ1n) is 10.7. The van der Waals surface area contributed by atoms with E-state index in [-0.39, 0.29) is 11.9 Å². The molecule has 3 amide bonds. The normalized spacial score (nSPS) is 24.5. The molecule has 2 saturated heterocycles. The third kappa shape index (κ3) is 3.66. The first-order chi connectivity index (χ1) is 15.0. The second-order valence-corrected chi connectivity index (χ2v) is 9.05. The highest BCUT2D eigenvalue weighted by Gasteiger charge is 2.54. The van der Waals surface area contributed by atoms with Gasteiger partial charge in [-0.15, -0.1) is 0 Å². The number of nitrogens with zero attached hydrogens (tertiary/aromatic N) is 6. The van der Waals surface area contributed by atoms with Gasteiger partial charge in [0, 0.05) is 44.1 Å². The lowest BCUT2D eigenvalue weighted by molar-refractivity contribution is -0.539. The van der Waals surface area contributed by atoms with E-state index in [0.29, 0.717) is 32.1 Å². The maximum atomic E-state index is 13.5. The Hall–Kier alpha value is -2.30. The summed E-state index contributed by atoms with van der Waals surface area (Å²) < 4.78 is 8.45. The van der Waals surface area contributed by atoms with E-state index in [1.807, 2.05) is 28.8 Å². The van der Waals surface area contributed by atoms with Crippen molar-refractivity contribution in [2.24, 2.45) is 4.99 Å². The van der Waals surface area contributed by atoms with Gasteiger partial charge in [-0.3, -0.25) is 19.5 Å². The fourth-order valence-corrected chi connectivity index (χ4v) is 4.85. The van der Waals surface area contributed by atoms with Gasteiger partial charge in [0.25, 0.3) is 5.91 Å². The molecule has 1 aromatic rings.